The molecular weight excluding hydrogens is 248 g/mol. The molecule has 1 saturated carbocycles. The maximum absolute atomic E-state index is 5.95. The number of rotatable bonds is 3. The van der Waals surface area contributed by atoms with Crippen molar-refractivity contribution in [1.29, 1.82) is 0 Å². The average molecular weight is 274 g/mol. The number of nitrogens with zero attached hydrogens (tertiary/aromatic N) is 1. The molecule has 0 spiro atoms. The molecule has 2 fully saturated rings. The van der Waals surface area contributed by atoms with E-state index in [2.05, 4.69) is 11.0 Å². The van der Waals surface area contributed by atoms with E-state index in [9.17, 15) is 0 Å². The second-order valence-electron chi connectivity index (χ2n) is 6.25. The van der Waals surface area contributed by atoms with Gasteiger partial charge in [0.15, 0.2) is 0 Å². The summed E-state index contributed by atoms with van der Waals surface area (Å²) in [5, 5.41) is 0. The Morgan fingerprint density at radius 1 is 1.10 bits per heavy atom. The summed E-state index contributed by atoms with van der Waals surface area (Å²) in [4.78, 5) is 2.71. The lowest BCUT2D eigenvalue weighted by atomic mass is 9.88. The molecule has 1 aliphatic heterocycles. The number of piperidine rings is 1. The van der Waals surface area contributed by atoms with Gasteiger partial charge in [0.1, 0.15) is 5.75 Å². The van der Waals surface area contributed by atoms with Crippen molar-refractivity contribution in [3.8, 4) is 5.75 Å². The maximum Gasteiger partial charge on any atom is 0.122 e. The monoisotopic (exact) mass is 274 g/mol. The van der Waals surface area contributed by atoms with Gasteiger partial charge in [0.25, 0.3) is 0 Å². The first-order chi connectivity index (χ1) is 9.78. The predicted octanol–water partition coefficient (Wildman–Crippen LogP) is 3.40. The SMILES string of the molecule is COc1ccc(N)cc1C1CCN(C2CCCC2)CC1. The fourth-order valence-corrected chi connectivity index (χ4v) is 3.92. The van der Waals surface area contributed by atoms with Crippen LogP contribution < -0.4 is 10.5 Å². The predicted molar refractivity (Wildman–Crippen MR) is 83.2 cm³/mol. The summed E-state index contributed by atoms with van der Waals surface area (Å²) in [6.45, 7) is 2.46. The molecule has 0 atom stereocenters. The molecule has 0 unspecified atom stereocenters. The lowest BCUT2D eigenvalue weighted by molar-refractivity contribution is 0.153. The summed E-state index contributed by atoms with van der Waals surface area (Å²) in [6.07, 6.45) is 8.13. The molecule has 2 aliphatic rings. The van der Waals surface area contributed by atoms with Crippen LogP contribution in [0.1, 0.15) is 50.0 Å². The van der Waals surface area contributed by atoms with Crippen molar-refractivity contribution in [2.45, 2.75) is 50.5 Å². The van der Waals surface area contributed by atoms with Crippen LogP contribution in [0.15, 0.2) is 18.2 Å². The van der Waals surface area contributed by atoms with Gasteiger partial charge in [-0.3, -0.25) is 0 Å². The Bertz CT molecular complexity index is 446. The largest absolute Gasteiger partial charge is 0.496 e. The van der Waals surface area contributed by atoms with E-state index in [1.165, 1.54) is 57.2 Å². The van der Waals surface area contributed by atoms with E-state index in [1.807, 2.05) is 12.1 Å². The van der Waals surface area contributed by atoms with Crippen LogP contribution in [-0.4, -0.2) is 31.1 Å². The molecule has 1 aliphatic carbocycles. The highest BCUT2D eigenvalue weighted by molar-refractivity contribution is 5.49. The lowest BCUT2D eigenvalue weighted by Gasteiger charge is -2.36. The van der Waals surface area contributed by atoms with Crippen LogP contribution in [0.2, 0.25) is 0 Å². The molecule has 3 heteroatoms. The fraction of sp³-hybridized carbons (Fsp3) is 0.647. The Morgan fingerprint density at radius 2 is 1.80 bits per heavy atom. The van der Waals surface area contributed by atoms with Gasteiger partial charge in [0.2, 0.25) is 0 Å². The van der Waals surface area contributed by atoms with Crippen molar-refractivity contribution in [1.82, 2.24) is 4.90 Å². The molecule has 20 heavy (non-hydrogen) atoms. The Hall–Kier alpha value is -1.22. The minimum Gasteiger partial charge on any atom is -0.496 e. The van der Waals surface area contributed by atoms with Gasteiger partial charge >= 0.3 is 0 Å². The van der Waals surface area contributed by atoms with Crippen LogP contribution in [0.5, 0.6) is 5.75 Å². The number of nitrogen functional groups attached to an aromatic ring is 1. The molecule has 2 N–H and O–H groups in total. The Morgan fingerprint density at radius 3 is 2.45 bits per heavy atom. The van der Waals surface area contributed by atoms with Crippen LogP contribution in [-0.2, 0) is 0 Å². The van der Waals surface area contributed by atoms with Gasteiger partial charge in [0, 0.05) is 11.7 Å². The Balaban J connectivity index is 1.67. The van der Waals surface area contributed by atoms with E-state index in [4.69, 9.17) is 10.5 Å². The third-order valence-corrected chi connectivity index (χ3v) is 5.06. The smallest absolute Gasteiger partial charge is 0.122 e. The number of anilines is 1. The first kappa shape index (κ1) is 13.7. The topological polar surface area (TPSA) is 38.5 Å². The summed E-state index contributed by atoms with van der Waals surface area (Å²) in [6, 6.07) is 6.90. The van der Waals surface area contributed by atoms with Gasteiger partial charge in [0.05, 0.1) is 7.11 Å². The quantitative estimate of drug-likeness (QED) is 0.859. The van der Waals surface area contributed by atoms with E-state index in [1.54, 1.807) is 7.11 Å². The number of benzene rings is 1. The lowest BCUT2D eigenvalue weighted by Crippen LogP contribution is -2.39. The van der Waals surface area contributed by atoms with Gasteiger partial charge in [-0.25, -0.2) is 0 Å². The van der Waals surface area contributed by atoms with Gasteiger partial charge in [-0.05, 0) is 68.5 Å². The molecule has 1 aromatic carbocycles. The summed E-state index contributed by atoms with van der Waals surface area (Å²) < 4.78 is 5.51. The molecule has 1 heterocycles. The van der Waals surface area contributed by atoms with Gasteiger partial charge in [-0.15, -0.1) is 0 Å². The third kappa shape index (κ3) is 2.78. The molecule has 0 radical (unpaired) electrons. The van der Waals surface area contributed by atoms with Gasteiger partial charge in [-0.1, -0.05) is 12.8 Å². The number of likely N-dealkylation sites (tertiary alicyclic amines) is 1. The molecule has 1 saturated heterocycles. The fourth-order valence-electron chi connectivity index (χ4n) is 3.92. The normalized spacial score (nSPS) is 22.2. The molecular formula is C17H26N2O. The second kappa shape index (κ2) is 6.04. The molecule has 0 aromatic heterocycles. The zero-order valence-electron chi connectivity index (χ0n) is 12.5. The number of ether oxygens (including phenoxy) is 1. The first-order valence-electron chi connectivity index (χ1n) is 7.95. The molecule has 3 rings (SSSR count). The molecule has 110 valence electrons. The summed E-state index contributed by atoms with van der Waals surface area (Å²) in [5.41, 5.74) is 8.10. The van der Waals surface area contributed by atoms with E-state index in [0.717, 1.165) is 17.5 Å². The van der Waals surface area contributed by atoms with Crippen LogP contribution in [0.4, 0.5) is 5.69 Å². The zero-order chi connectivity index (χ0) is 13.9. The van der Waals surface area contributed by atoms with Crippen molar-refractivity contribution in [2.75, 3.05) is 25.9 Å². The molecule has 0 amide bonds. The number of hydrogen-bond acceptors (Lipinski definition) is 3. The summed E-state index contributed by atoms with van der Waals surface area (Å²) in [7, 11) is 1.75. The van der Waals surface area contributed by atoms with Gasteiger partial charge < -0.3 is 15.4 Å². The first-order valence-corrected chi connectivity index (χ1v) is 7.95. The van der Waals surface area contributed by atoms with Crippen LogP contribution >= 0.6 is 0 Å². The maximum atomic E-state index is 5.95. The number of nitrogens with two attached hydrogens (primary N) is 1. The molecule has 0 bridgehead atoms. The van der Waals surface area contributed by atoms with Crippen molar-refractivity contribution in [3.63, 3.8) is 0 Å². The van der Waals surface area contributed by atoms with Crippen molar-refractivity contribution >= 4 is 5.69 Å². The van der Waals surface area contributed by atoms with Crippen molar-refractivity contribution in [2.24, 2.45) is 0 Å². The minimum absolute atomic E-state index is 0.603. The Kier molecular flexibility index (Phi) is 4.16. The van der Waals surface area contributed by atoms with E-state index >= 15 is 0 Å². The van der Waals surface area contributed by atoms with Crippen LogP contribution in [0.25, 0.3) is 0 Å². The highest BCUT2D eigenvalue weighted by atomic mass is 16.5. The highest BCUT2D eigenvalue weighted by Crippen LogP contribution is 2.37. The molecule has 1 aromatic rings. The van der Waals surface area contributed by atoms with Gasteiger partial charge in [-0.2, -0.15) is 0 Å². The summed E-state index contributed by atoms with van der Waals surface area (Å²) in [5.74, 6) is 1.60. The van der Waals surface area contributed by atoms with Crippen molar-refractivity contribution in [3.05, 3.63) is 23.8 Å². The standard InChI is InChI=1S/C17H26N2O/c1-20-17-7-6-14(18)12-16(17)13-8-10-19(11-9-13)15-4-2-3-5-15/h6-7,12-13,15H,2-5,8-11,18H2,1H3. The average Bonchev–Trinajstić information content (AvgIpc) is 3.02. The van der Waals surface area contributed by atoms with Crippen LogP contribution in [0.3, 0.4) is 0 Å². The van der Waals surface area contributed by atoms with E-state index < -0.39 is 0 Å². The van der Waals surface area contributed by atoms with Crippen LogP contribution in [0, 0.1) is 0 Å². The molecule has 3 nitrogen and oxygen atoms in total. The van der Waals surface area contributed by atoms with Crippen molar-refractivity contribution < 1.29 is 4.74 Å². The number of methoxy groups -OCH3 is 1. The minimum atomic E-state index is 0.603. The number of hydrogen-bond donors (Lipinski definition) is 1. The Labute approximate surface area is 122 Å². The van der Waals surface area contributed by atoms with E-state index in [-0.39, 0.29) is 0 Å². The second-order valence-corrected chi connectivity index (χ2v) is 6.25. The highest BCUT2D eigenvalue weighted by Gasteiger charge is 2.28. The summed E-state index contributed by atoms with van der Waals surface area (Å²) >= 11 is 0. The zero-order valence-corrected chi connectivity index (χ0v) is 12.5. The van der Waals surface area contributed by atoms with E-state index in [0.29, 0.717) is 5.92 Å². The third-order valence-electron chi connectivity index (χ3n) is 5.06.